The van der Waals surface area contributed by atoms with E-state index in [4.69, 9.17) is 11.5 Å². The Bertz CT molecular complexity index is 1210. The van der Waals surface area contributed by atoms with Crippen molar-refractivity contribution in [2.45, 2.75) is 11.8 Å². The molecule has 0 fully saturated rings. The Morgan fingerprint density at radius 1 is 1.11 bits per heavy atom. The molecule has 0 aliphatic carbocycles. The fourth-order valence-corrected chi connectivity index (χ4v) is 4.04. The lowest BCUT2D eigenvalue weighted by Gasteiger charge is -2.07. The highest BCUT2D eigenvalue weighted by Gasteiger charge is 2.22. The number of nitrogens with two attached hydrogens (primary N) is 2. The molecule has 4 N–H and O–H groups in total. The van der Waals surface area contributed by atoms with Crippen molar-refractivity contribution in [2.24, 2.45) is 21.7 Å². The molecule has 0 unspecified atom stereocenters. The third-order valence-electron chi connectivity index (χ3n) is 3.90. The summed E-state index contributed by atoms with van der Waals surface area (Å²) in [5.41, 5.74) is 12.3. The van der Waals surface area contributed by atoms with Gasteiger partial charge in [0.05, 0.1) is 27.8 Å². The molecule has 0 aliphatic heterocycles. The Kier molecular flexibility index (Phi) is 4.66. The molecule has 0 spiro atoms. The van der Waals surface area contributed by atoms with Gasteiger partial charge in [0.15, 0.2) is 0 Å². The number of nitriles is 1. The molecule has 3 rings (SSSR count). The van der Waals surface area contributed by atoms with Crippen LogP contribution in [-0.4, -0.2) is 24.1 Å². The maximum absolute atomic E-state index is 13.1. The van der Waals surface area contributed by atoms with Crippen LogP contribution in [0.25, 0.3) is 10.9 Å². The van der Waals surface area contributed by atoms with Crippen molar-refractivity contribution in [3.8, 4) is 6.07 Å². The summed E-state index contributed by atoms with van der Waals surface area (Å²) in [4.78, 5) is 0.150. The maximum atomic E-state index is 13.1. The van der Waals surface area contributed by atoms with E-state index in [2.05, 4.69) is 10.2 Å². The summed E-state index contributed by atoms with van der Waals surface area (Å²) in [5, 5.41) is 17.3. The number of benzene rings is 2. The quantitative estimate of drug-likeness (QED) is 0.403. The fourth-order valence-electron chi connectivity index (χ4n) is 2.65. The Morgan fingerprint density at radius 2 is 1.81 bits per heavy atom. The van der Waals surface area contributed by atoms with E-state index in [1.165, 1.54) is 22.3 Å². The number of guanidine groups is 1. The minimum atomic E-state index is -3.84. The molecule has 27 heavy (non-hydrogen) atoms. The predicted octanol–water partition coefficient (Wildman–Crippen LogP) is 1.75. The van der Waals surface area contributed by atoms with Gasteiger partial charge in [0.2, 0.25) is 5.96 Å². The van der Waals surface area contributed by atoms with Crippen LogP contribution < -0.4 is 11.5 Å². The highest BCUT2D eigenvalue weighted by molar-refractivity contribution is 7.90. The summed E-state index contributed by atoms with van der Waals surface area (Å²) in [7, 11) is -3.84. The third-order valence-corrected chi connectivity index (χ3v) is 5.59. The number of aromatic nitrogens is 1. The van der Waals surface area contributed by atoms with Gasteiger partial charge in [0, 0.05) is 17.1 Å². The van der Waals surface area contributed by atoms with Crippen molar-refractivity contribution in [1.82, 2.24) is 3.97 Å². The van der Waals surface area contributed by atoms with Crippen molar-refractivity contribution in [3.63, 3.8) is 0 Å². The molecule has 0 amide bonds. The molecule has 8 nitrogen and oxygen atoms in total. The second kappa shape index (κ2) is 6.93. The number of hydrogen-bond acceptors (Lipinski definition) is 5. The van der Waals surface area contributed by atoms with E-state index in [1.807, 2.05) is 6.07 Å². The van der Waals surface area contributed by atoms with Gasteiger partial charge < -0.3 is 11.5 Å². The van der Waals surface area contributed by atoms with Crippen molar-refractivity contribution in [1.29, 1.82) is 5.26 Å². The second-order valence-corrected chi connectivity index (χ2v) is 7.53. The van der Waals surface area contributed by atoms with Crippen LogP contribution in [0.5, 0.6) is 0 Å². The van der Waals surface area contributed by atoms with Crippen LogP contribution in [0.15, 0.2) is 69.8 Å². The first-order valence-electron chi connectivity index (χ1n) is 7.84. The Balaban J connectivity index is 2.31. The normalized spacial score (nSPS) is 11.9. The van der Waals surface area contributed by atoms with Gasteiger partial charge in [-0.1, -0.05) is 18.2 Å². The number of hydrogen-bond donors (Lipinski definition) is 2. The molecule has 0 aliphatic rings. The van der Waals surface area contributed by atoms with Crippen LogP contribution >= 0.6 is 0 Å². The molecule has 136 valence electrons. The molecule has 9 heteroatoms. The molecule has 1 aromatic heterocycles. The smallest absolute Gasteiger partial charge is 0.268 e. The fraction of sp³-hybridized carbons (Fsp3) is 0.0556. The van der Waals surface area contributed by atoms with Gasteiger partial charge in [-0.25, -0.2) is 12.4 Å². The van der Waals surface area contributed by atoms with Gasteiger partial charge in [0.25, 0.3) is 10.0 Å². The Morgan fingerprint density at radius 3 is 2.44 bits per heavy atom. The van der Waals surface area contributed by atoms with Gasteiger partial charge in [0.1, 0.15) is 0 Å². The zero-order valence-electron chi connectivity index (χ0n) is 14.4. The Hall–Kier alpha value is -3.64. The SMILES string of the molecule is CC(=NN=C(N)N)c1cn(S(=O)(=O)c2ccccc2)c2ccc(C#N)cc12. The van der Waals surface area contributed by atoms with E-state index < -0.39 is 10.0 Å². The summed E-state index contributed by atoms with van der Waals surface area (Å²) >= 11 is 0. The molecule has 0 atom stereocenters. The van der Waals surface area contributed by atoms with E-state index in [9.17, 15) is 13.7 Å². The lowest BCUT2D eigenvalue weighted by molar-refractivity contribution is 0.589. The molecule has 3 aromatic rings. The zero-order valence-corrected chi connectivity index (χ0v) is 15.2. The van der Waals surface area contributed by atoms with Crippen LogP contribution in [0, 0.1) is 11.3 Å². The number of nitrogens with zero attached hydrogens (tertiary/aromatic N) is 4. The molecule has 1 heterocycles. The average Bonchev–Trinajstić information content (AvgIpc) is 3.06. The summed E-state index contributed by atoms with van der Waals surface area (Å²) < 4.78 is 27.4. The third kappa shape index (κ3) is 3.38. The molecular weight excluding hydrogens is 364 g/mol. The van der Waals surface area contributed by atoms with Crippen LogP contribution in [0.4, 0.5) is 0 Å². The number of fused-ring (bicyclic) bond motifs is 1. The molecule has 0 radical (unpaired) electrons. The van der Waals surface area contributed by atoms with E-state index in [1.54, 1.807) is 43.3 Å². The summed E-state index contributed by atoms with van der Waals surface area (Å²) in [6.45, 7) is 1.65. The first-order valence-corrected chi connectivity index (χ1v) is 9.28. The first kappa shape index (κ1) is 18.2. The molecule has 0 saturated carbocycles. The molecule has 0 bridgehead atoms. The largest absolute Gasteiger partial charge is 0.369 e. The van der Waals surface area contributed by atoms with E-state index >= 15 is 0 Å². The predicted molar refractivity (Wildman–Crippen MR) is 104 cm³/mol. The molecule has 0 saturated heterocycles. The van der Waals surface area contributed by atoms with Crippen molar-refractivity contribution < 1.29 is 8.42 Å². The van der Waals surface area contributed by atoms with Gasteiger partial charge in [-0.3, -0.25) is 0 Å². The minimum Gasteiger partial charge on any atom is -0.369 e. The summed E-state index contributed by atoms with van der Waals surface area (Å²) in [5.74, 6) is -0.215. The van der Waals surface area contributed by atoms with Crippen LogP contribution in [-0.2, 0) is 10.0 Å². The first-order chi connectivity index (χ1) is 12.8. The second-order valence-electron chi connectivity index (χ2n) is 5.71. The highest BCUT2D eigenvalue weighted by atomic mass is 32.2. The van der Waals surface area contributed by atoms with E-state index in [-0.39, 0.29) is 10.9 Å². The standard InChI is InChI=1S/C18H16N6O2S/c1-12(22-23-18(20)21)16-11-24(17-8-7-13(10-19)9-15(16)17)27(25,26)14-5-3-2-4-6-14/h2-9,11H,1H3,(H4,20,21,23). The van der Waals surface area contributed by atoms with Crippen LogP contribution in [0.3, 0.4) is 0 Å². The van der Waals surface area contributed by atoms with E-state index in [0.29, 0.717) is 27.7 Å². The summed E-state index contributed by atoms with van der Waals surface area (Å²) in [6.07, 6.45) is 1.45. The average molecular weight is 380 g/mol. The van der Waals surface area contributed by atoms with Crippen molar-refractivity contribution in [2.75, 3.05) is 0 Å². The van der Waals surface area contributed by atoms with Gasteiger partial charge in [-0.15, -0.1) is 5.10 Å². The van der Waals surface area contributed by atoms with Crippen LogP contribution in [0.2, 0.25) is 0 Å². The monoisotopic (exact) mass is 380 g/mol. The van der Waals surface area contributed by atoms with Gasteiger partial charge in [-0.05, 0) is 37.3 Å². The minimum absolute atomic E-state index is 0.150. The van der Waals surface area contributed by atoms with Gasteiger partial charge >= 0.3 is 0 Å². The van der Waals surface area contributed by atoms with Crippen molar-refractivity contribution >= 4 is 32.6 Å². The number of rotatable bonds is 4. The van der Waals surface area contributed by atoms with Gasteiger partial charge in [-0.2, -0.15) is 10.4 Å². The van der Waals surface area contributed by atoms with Crippen molar-refractivity contribution in [3.05, 3.63) is 65.9 Å². The summed E-state index contributed by atoms with van der Waals surface area (Å²) in [6, 6.07) is 14.9. The topological polar surface area (TPSA) is 140 Å². The molecular formula is C18H16N6O2S. The van der Waals surface area contributed by atoms with Crippen LogP contribution in [0.1, 0.15) is 18.1 Å². The lowest BCUT2D eigenvalue weighted by Crippen LogP contribution is -2.22. The molecule has 2 aromatic carbocycles. The maximum Gasteiger partial charge on any atom is 0.268 e. The van der Waals surface area contributed by atoms with E-state index in [0.717, 1.165) is 0 Å². The zero-order chi connectivity index (χ0) is 19.6. The highest BCUT2D eigenvalue weighted by Crippen LogP contribution is 2.27. The Labute approximate surface area is 156 Å². The lowest BCUT2D eigenvalue weighted by atomic mass is 10.1.